The maximum absolute atomic E-state index is 7.00. The van der Waals surface area contributed by atoms with E-state index in [0.717, 1.165) is 99.5 Å². The molecule has 0 unspecified atom stereocenters. The van der Waals surface area contributed by atoms with Crippen molar-refractivity contribution >= 4 is 186 Å². The molecule has 17 aromatic carbocycles. The van der Waals surface area contributed by atoms with Crippen LogP contribution in [0.2, 0.25) is 0 Å². The summed E-state index contributed by atoms with van der Waals surface area (Å²) in [5, 5.41) is 28.2. The summed E-state index contributed by atoms with van der Waals surface area (Å²) in [6.45, 7) is 0. The van der Waals surface area contributed by atoms with Gasteiger partial charge in [0.25, 0.3) is 0 Å². The van der Waals surface area contributed by atoms with Crippen molar-refractivity contribution in [1.82, 2.24) is 0 Å². The Labute approximate surface area is 492 Å². The second-order valence-corrected chi connectivity index (χ2v) is 23.2. The van der Waals surface area contributed by atoms with Gasteiger partial charge in [0.15, 0.2) is 11.2 Å². The van der Waals surface area contributed by atoms with Crippen molar-refractivity contribution in [3.63, 3.8) is 0 Å². The number of benzene rings is 17. The van der Waals surface area contributed by atoms with Crippen molar-refractivity contribution in [3.05, 3.63) is 291 Å². The van der Waals surface area contributed by atoms with Crippen molar-refractivity contribution in [1.29, 1.82) is 0 Å². The van der Waals surface area contributed by atoms with E-state index in [2.05, 4.69) is 301 Å². The fourth-order valence-electron chi connectivity index (χ4n) is 14.2. The monoisotopic (exact) mass is 1090 g/mol. The molecule has 4 heteroatoms. The van der Waals surface area contributed by atoms with E-state index in [-0.39, 0.29) is 0 Å². The SMILES string of the molecule is c1ccc2c(c1)ccc1ccc(N(c3ccc4cc5c(cc4c3)oc3c5ccc4c5cc6ccc(N(c7ccc8ccc9ccccc9c8c7)c7ccc8ccc9ccccc9c8c7)cc6cc5oc43)c3ccc4ccc5ccccc5c4c3)cc12. The van der Waals surface area contributed by atoms with Gasteiger partial charge < -0.3 is 18.6 Å². The zero-order valence-corrected chi connectivity index (χ0v) is 46.4. The van der Waals surface area contributed by atoms with Crippen molar-refractivity contribution < 1.29 is 8.83 Å². The highest BCUT2D eigenvalue weighted by Crippen LogP contribution is 2.46. The van der Waals surface area contributed by atoms with Gasteiger partial charge in [-0.2, -0.15) is 0 Å². The van der Waals surface area contributed by atoms with Gasteiger partial charge in [-0.3, -0.25) is 0 Å². The summed E-state index contributed by atoms with van der Waals surface area (Å²) in [7, 11) is 0. The van der Waals surface area contributed by atoms with Gasteiger partial charge >= 0.3 is 0 Å². The molecule has 0 aliphatic carbocycles. The lowest BCUT2D eigenvalue weighted by Gasteiger charge is -2.27. The minimum Gasteiger partial charge on any atom is -0.452 e. The Morgan fingerprint density at radius 3 is 0.733 bits per heavy atom. The Bertz CT molecular complexity index is 5520. The summed E-state index contributed by atoms with van der Waals surface area (Å²) in [6.07, 6.45) is 0. The fourth-order valence-corrected chi connectivity index (χ4v) is 14.2. The average Bonchev–Trinajstić information content (AvgIpc) is 1.70. The lowest BCUT2D eigenvalue weighted by Crippen LogP contribution is -2.10. The molecule has 0 atom stereocenters. The topological polar surface area (TPSA) is 32.8 Å². The second-order valence-electron chi connectivity index (χ2n) is 23.2. The van der Waals surface area contributed by atoms with Crippen LogP contribution >= 0.6 is 0 Å². The van der Waals surface area contributed by atoms with Gasteiger partial charge in [0.05, 0.1) is 0 Å². The third-order valence-corrected chi connectivity index (χ3v) is 18.4. The van der Waals surface area contributed by atoms with E-state index in [9.17, 15) is 0 Å². The van der Waals surface area contributed by atoms with Crippen LogP contribution in [-0.2, 0) is 0 Å². The van der Waals surface area contributed by atoms with Gasteiger partial charge in [0.1, 0.15) is 11.2 Å². The molecule has 0 bridgehead atoms. The molecule has 0 aliphatic heterocycles. The van der Waals surface area contributed by atoms with Gasteiger partial charge in [0.2, 0.25) is 0 Å². The van der Waals surface area contributed by atoms with E-state index in [1.807, 2.05) is 0 Å². The van der Waals surface area contributed by atoms with Gasteiger partial charge in [-0.25, -0.2) is 0 Å². The van der Waals surface area contributed by atoms with Gasteiger partial charge in [0, 0.05) is 55.7 Å². The molecule has 0 radical (unpaired) electrons. The minimum absolute atomic E-state index is 0.751. The molecule has 2 heterocycles. The normalized spacial score (nSPS) is 12.2. The molecule has 2 aromatic heterocycles. The number of nitrogens with zero attached hydrogens (tertiary/aromatic N) is 2. The first kappa shape index (κ1) is 47.1. The van der Waals surface area contributed by atoms with E-state index in [4.69, 9.17) is 8.83 Å². The Morgan fingerprint density at radius 1 is 0.163 bits per heavy atom. The number of anilines is 6. The van der Waals surface area contributed by atoms with Crippen LogP contribution in [0.3, 0.4) is 0 Å². The highest BCUT2D eigenvalue weighted by Gasteiger charge is 2.22. The number of fused-ring (bicyclic) bond motifs is 21. The molecule has 0 fully saturated rings. The second kappa shape index (κ2) is 18.0. The van der Waals surface area contributed by atoms with Crippen LogP contribution in [0.4, 0.5) is 34.1 Å². The molecular weight excluding hydrogens is 1040 g/mol. The van der Waals surface area contributed by atoms with Crippen molar-refractivity contribution in [3.8, 4) is 0 Å². The molecule has 86 heavy (non-hydrogen) atoms. The number of furan rings is 2. The van der Waals surface area contributed by atoms with Gasteiger partial charge in [-0.1, -0.05) is 182 Å². The van der Waals surface area contributed by atoms with Crippen LogP contribution in [0.5, 0.6) is 0 Å². The van der Waals surface area contributed by atoms with Crippen LogP contribution < -0.4 is 9.80 Å². The predicted molar refractivity (Wildman–Crippen MR) is 365 cm³/mol. The van der Waals surface area contributed by atoms with Gasteiger partial charge in [-0.15, -0.1) is 0 Å². The predicted octanol–water partition coefficient (Wildman–Crippen LogP) is 24.0. The molecule has 0 saturated heterocycles. The smallest absolute Gasteiger partial charge is 0.178 e. The van der Waals surface area contributed by atoms with Crippen molar-refractivity contribution in [2.75, 3.05) is 9.80 Å². The summed E-state index contributed by atoms with van der Waals surface area (Å²) in [5.74, 6) is 0. The highest BCUT2D eigenvalue weighted by atomic mass is 16.4. The molecule has 4 nitrogen and oxygen atoms in total. The zero-order valence-electron chi connectivity index (χ0n) is 46.4. The molecular formula is C82H48N2O2. The van der Waals surface area contributed by atoms with E-state index < -0.39 is 0 Å². The largest absolute Gasteiger partial charge is 0.452 e. The summed E-state index contributed by atoms with van der Waals surface area (Å²) < 4.78 is 14.0. The molecule has 398 valence electrons. The molecule has 19 rings (SSSR count). The number of hydrogen-bond donors (Lipinski definition) is 0. The van der Waals surface area contributed by atoms with Crippen LogP contribution in [-0.4, -0.2) is 0 Å². The fraction of sp³-hybridized carbons (Fsp3) is 0. The first-order valence-electron chi connectivity index (χ1n) is 29.5. The summed E-state index contributed by atoms with van der Waals surface area (Å²) in [5.41, 5.74) is 9.60. The minimum atomic E-state index is 0.751. The van der Waals surface area contributed by atoms with E-state index in [0.29, 0.717) is 0 Å². The van der Waals surface area contributed by atoms with Crippen LogP contribution in [0.1, 0.15) is 0 Å². The van der Waals surface area contributed by atoms with Gasteiger partial charge in [-0.05, 0) is 217 Å². The van der Waals surface area contributed by atoms with Crippen LogP contribution in [0.15, 0.2) is 300 Å². The third kappa shape index (κ3) is 7.17. The van der Waals surface area contributed by atoms with E-state index in [1.54, 1.807) is 0 Å². The molecule has 0 spiro atoms. The zero-order chi connectivity index (χ0) is 56.1. The van der Waals surface area contributed by atoms with E-state index >= 15 is 0 Å². The molecule has 0 aliphatic rings. The maximum atomic E-state index is 7.00. The Kier molecular flexibility index (Phi) is 9.86. The highest BCUT2D eigenvalue weighted by molar-refractivity contribution is 6.22. The standard InChI is InChI=1S/C82H48N2O2/c1-5-13-67-49(9-1)17-21-53-25-31-63(45-73(53)67)83(64-32-26-54-22-18-50-10-2-6-14-68(50)74(54)46-64)61-35-29-57-41-77-71-37-38-72-78-42-58-30-36-62(40-60(58)44-80(78)86-82(72)81(71)85-79(77)43-59(57)39-61)84(65-33-27-55-23-19-51-11-3-7-15-69(51)75(55)47-65)66-34-28-56-24-20-52-12-4-8-16-70(52)76(56)48-66/h1-48H. The average molecular weight is 1090 g/mol. The Hall–Kier alpha value is -11.5. The quantitative estimate of drug-likeness (QED) is 0.155. The first-order chi connectivity index (χ1) is 42.5. The number of rotatable bonds is 6. The number of hydrogen-bond acceptors (Lipinski definition) is 4. The van der Waals surface area contributed by atoms with E-state index in [1.165, 1.54) is 86.2 Å². The Morgan fingerprint density at radius 2 is 0.419 bits per heavy atom. The lowest BCUT2D eigenvalue weighted by molar-refractivity contribution is 0.634. The Balaban J connectivity index is 0.746. The molecule has 0 saturated carbocycles. The summed E-state index contributed by atoms with van der Waals surface area (Å²) >= 11 is 0. The van der Waals surface area contributed by atoms with Crippen molar-refractivity contribution in [2.24, 2.45) is 0 Å². The molecule has 0 amide bonds. The summed E-state index contributed by atoms with van der Waals surface area (Å²) in [6, 6.07) is 107. The van der Waals surface area contributed by atoms with Crippen LogP contribution in [0.25, 0.3) is 152 Å². The van der Waals surface area contributed by atoms with Crippen LogP contribution in [0, 0.1) is 0 Å². The lowest BCUT2D eigenvalue weighted by atomic mass is 9.99. The molecule has 19 aromatic rings. The third-order valence-electron chi connectivity index (χ3n) is 18.4. The van der Waals surface area contributed by atoms with Crippen molar-refractivity contribution in [2.45, 2.75) is 0 Å². The maximum Gasteiger partial charge on any atom is 0.178 e. The molecule has 0 N–H and O–H groups in total. The first-order valence-corrected chi connectivity index (χ1v) is 29.5. The summed E-state index contributed by atoms with van der Waals surface area (Å²) in [4.78, 5) is 4.81.